The van der Waals surface area contributed by atoms with Gasteiger partial charge in [-0.05, 0) is 49.5 Å². The molecule has 1 fully saturated rings. The normalized spacial score (nSPS) is 14.5. The number of anilines is 4. The highest BCUT2D eigenvalue weighted by Crippen LogP contribution is 2.32. The lowest BCUT2D eigenvalue weighted by Crippen LogP contribution is -2.44. The van der Waals surface area contributed by atoms with Crippen LogP contribution in [0.2, 0.25) is 0 Å². The minimum Gasteiger partial charge on any atom is -0.369 e. The number of likely N-dealkylation sites (N-methyl/N-ethyl adjacent to an activating group) is 1. The van der Waals surface area contributed by atoms with Crippen LogP contribution in [0.25, 0.3) is 11.3 Å². The maximum absolute atomic E-state index is 13.6. The van der Waals surface area contributed by atoms with Crippen LogP contribution in [-0.2, 0) is 11.0 Å². The summed E-state index contributed by atoms with van der Waals surface area (Å²) in [6.45, 7) is 6.99. The Bertz CT molecular complexity index is 1220. The van der Waals surface area contributed by atoms with Gasteiger partial charge in [-0.1, -0.05) is 24.8 Å². The van der Waals surface area contributed by atoms with Crippen molar-refractivity contribution < 1.29 is 18.0 Å². The Morgan fingerprint density at radius 2 is 1.71 bits per heavy atom. The van der Waals surface area contributed by atoms with Crippen molar-refractivity contribution in [3.8, 4) is 11.3 Å². The largest absolute Gasteiger partial charge is 0.433 e. The standard InChI is InChI=1S/C25H25F3N6O/c1-3-23(35)29-18-7-4-6-17(14-18)21-16-22(25(26,27)28)32-24(31-21)30-19-8-5-9-20(15-19)34-12-10-33(2)11-13-34/h3-9,14-16H,1,10-13H2,2H3,(H,29,35)(H,30,31,32). The molecule has 4 rings (SSSR count). The van der Waals surface area contributed by atoms with E-state index in [4.69, 9.17) is 0 Å². The zero-order chi connectivity index (χ0) is 25.0. The van der Waals surface area contributed by atoms with Gasteiger partial charge in [-0.2, -0.15) is 13.2 Å². The number of nitrogens with zero attached hydrogens (tertiary/aromatic N) is 4. The summed E-state index contributed by atoms with van der Waals surface area (Å²) in [5, 5.41) is 5.52. The zero-order valence-corrected chi connectivity index (χ0v) is 19.1. The van der Waals surface area contributed by atoms with Crippen molar-refractivity contribution in [3.05, 3.63) is 72.9 Å². The molecule has 1 amide bonds. The quantitative estimate of drug-likeness (QED) is 0.493. The van der Waals surface area contributed by atoms with E-state index in [2.05, 4.69) is 44.0 Å². The third-order valence-electron chi connectivity index (χ3n) is 5.60. The van der Waals surface area contributed by atoms with E-state index in [1.807, 2.05) is 18.2 Å². The van der Waals surface area contributed by atoms with Crippen molar-refractivity contribution in [3.63, 3.8) is 0 Å². The van der Waals surface area contributed by atoms with Crippen molar-refractivity contribution in [2.24, 2.45) is 0 Å². The number of nitrogens with one attached hydrogen (secondary N) is 2. The number of halogens is 3. The molecule has 0 radical (unpaired) electrons. The van der Waals surface area contributed by atoms with Crippen molar-refractivity contribution in [1.82, 2.24) is 14.9 Å². The Kier molecular flexibility index (Phi) is 7.02. The average molecular weight is 483 g/mol. The number of aromatic nitrogens is 2. The second kappa shape index (κ2) is 10.1. The second-order valence-corrected chi connectivity index (χ2v) is 8.20. The lowest BCUT2D eigenvalue weighted by atomic mass is 10.1. The summed E-state index contributed by atoms with van der Waals surface area (Å²) in [6.07, 6.45) is -3.55. The number of piperazine rings is 1. The minimum absolute atomic E-state index is 0.0692. The van der Waals surface area contributed by atoms with Gasteiger partial charge in [0.05, 0.1) is 5.69 Å². The van der Waals surface area contributed by atoms with Crippen LogP contribution in [0, 0.1) is 0 Å². The van der Waals surface area contributed by atoms with Gasteiger partial charge in [0, 0.05) is 48.8 Å². The Hall–Kier alpha value is -3.92. The first-order chi connectivity index (χ1) is 16.7. The molecule has 0 atom stereocenters. The summed E-state index contributed by atoms with van der Waals surface area (Å²) in [7, 11) is 2.07. The molecule has 182 valence electrons. The Labute approximate surface area is 201 Å². The van der Waals surface area contributed by atoms with Gasteiger partial charge in [0.15, 0.2) is 5.69 Å². The highest BCUT2D eigenvalue weighted by atomic mass is 19.4. The summed E-state index contributed by atoms with van der Waals surface area (Å²) in [5.41, 5.74) is 1.36. The molecule has 2 N–H and O–H groups in total. The Morgan fingerprint density at radius 1 is 1.00 bits per heavy atom. The fourth-order valence-electron chi connectivity index (χ4n) is 3.72. The van der Waals surface area contributed by atoms with Crippen LogP contribution in [0.5, 0.6) is 0 Å². The number of hydrogen-bond acceptors (Lipinski definition) is 6. The SMILES string of the molecule is C=CC(=O)Nc1cccc(-c2cc(C(F)(F)F)nc(Nc3cccc(N4CCN(C)CC4)c3)n2)c1. The highest BCUT2D eigenvalue weighted by Gasteiger charge is 2.34. The fraction of sp³-hybridized carbons (Fsp3) is 0.240. The topological polar surface area (TPSA) is 73.4 Å². The van der Waals surface area contributed by atoms with Crippen LogP contribution in [0.1, 0.15) is 5.69 Å². The molecular formula is C25H25F3N6O. The fourth-order valence-corrected chi connectivity index (χ4v) is 3.72. The number of alkyl halides is 3. The predicted octanol–water partition coefficient (Wildman–Crippen LogP) is 4.78. The molecule has 0 unspecified atom stereocenters. The Morgan fingerprint density at radius 3 is 2.43 bits per heavy atom. The monoisotopic (exact) mass is 482 g/mol. The van der Waals surface area contributed by atoms with Gasteiger partial charge < -0.3 is 20.4 Å². The van der Waals surface area contributed by atoms with Crippen LogP contribution >= 0.6 is 0 Å². The van der Waals surface area contributed by atoms with E-state index >= 15 is 0 Å². The first kappa shape index (κ1) is 24.2. The number of carbonyl (C=O) groups is 1. The number of benzene rings is 2. The molecule has 2 heterocycles. The molecule has 0 spiro atoms. The van der Waals surface area contributed by atoms with E-state index in [9.17, 15) is 18.0 Å². The van der Waals surface area contributed by atoms with Crippen LogP contribution in [0.3, 0.4) is 0 Å². The van der Waals surface area contributed by atoms with E-state index < -0.39 is 17.8 Å². The maximum Gasteiger partial charge on any atom is 0.433 e. The summed E-state index contributed by atoms with van der Waals surface area (Å²) < 4.78 is 40.9. The molecule has 3 aromatic rings. The smallest absolute Gasteiger partial charge is 0.369 e. The van der Waals surface area contributed by atoms with E-state index in [1.165, 1.54) is 0 Å². The molecule has 7 nitrogen and oxygen atoms in total. The first-order valence-corrected chi connectivity index (χ1v) is 11.0. The summed E-state index contributed by atoms with van der Waals surface area (Å²) in [5.74, 6) is -0.603. The van der Waals surface area contributed by atoms with Gasteiger partial charge in [-0.15, -0.1) is 0 Å². The third-order valence-corrected chi connectivity index (χ3v) is 5.60. The van der Waals surface area contributed by atoms with Crippen LogP contribution in [0.15, 0.2) is 67.3 Å². The van der Waals surface area contributed by atoms with Gasteiger partial charge in [0.1, 0.15) is 0 Å². The van der Waals surface area contributed by atoms with E-state index in [1.54, 1.807) is 30.3 Å². The van der Waals surface area contributed by atoms with Crippen LogP contribution in [0.4, 0.5) is 36.2 Å². The Balaban J connectivity index is 1.65. The van der Waals surface area contributed by atoms with Crippen molar-refractivity contribution in [2.75, 3.05) is 48.8 Å². The molecule has 35 heavy (non-hydrogen) atoms. The van der Waals surface area contributed by atoms with Gasteiger partial charge in [-0.3, -0.25) is 4.79 Å². The maximum atomic E-state index is 13.6. The van der Waals surface area contributed by atoms with E-state index in [0.717, 1.165) is 44.0 Å². The van der Waals surface area contributed by atoms with Crippen molar-refractivity contribution in [2.45, 2.75) is 6.18 Å². The molecule has 0 aliphatic carbocycles. The van der Waals surface area contributed by atoms with E-state index in [0.29, 0.717) is 16.9 Å². The lowest BCUT2D eigenvalue weighted by Gasteiger charge is -2.34. The molecule has 1 aromatic heterocycles. The number of hydrogen-bond donors (Lipinski definition) is 2. The molecule has 1 aliphatic heterocycles. The molecule has 10 heteroatoms. The molecule has 2 aromatic carbocycles. The van der Waals surface area contributed by atoms with Crippen LogP contribution < -0.4 is 15.5 Å². The molecule has 0 saturated carbocycles. The molecule has 0 bridgehead atoms. The average Bonchev–Trinajstić information content (AvgIpc) is 2.84. The lowest BCUT2D eigenvalue weighted by molar-refractivity contribution is -0.141. The summed E-state index contributed by atoms with van der Waals surface area (Å²) in [4.78, 5) is 24.1. The summed E-state index contributed by atoms with van der Waals surface area (Å²) >= 11 is 0. The van der Waals surface area contributed by atoms with E-state index in [-0.39, 0.29) is 11.6 Å². The first-order valence-electron chi connectivity index (χ1n) is 11.0. The van der Waals surface area contributed by atoms with Crippen molar-refractivity contribution in [1.29, 1.82) is 0 Å². The van der Waals surface area contributed by atoms with Gasteiger partial charge >= 0.3 is 6.18 Å². The van der Waals surface area contributed by atoms with Gasteiger partial charge in [0.25, 0.3) is 0 Å². The molecular weight excluding hydrogens is 457 g/mol. The molecule has 1 saturated heterocycles. The second-order valence-electron chi connectivity index (χ2n) is 8.20. The summed E-state index contributed by atoms with van der Waals surface area (Å²) in [6, 6.07) is 14.7. The number of carbonyl (C=O) groups excluding carboxylic acids is 1. The minimum atomic E-state index is -4.66. The van der Waals surface area contributed by atoms with Crippen LogP contribution in [-0.4, -0.2) is 54.0 Å². The molecule has 1 aliphatic rings. The highest BCUT2D eigenvalue weighted by molar-refractivity contribution is 5.99. The number of rotatable bonds is 6. The van der Waals surface area contributed by atoms with Gasteiger partial charge in [-0.25, -0.2) is 9.97 Å². The predicted molar refractivity (Wildman–Crippen MR) is 131 cm³/mol. The van der Waals surface area contributed by atoms with Crippen molar-refractivity contribution >= 4 is 28.9 Å². The third kappa shape index (κ3) is 6.15. The zero-order valence-electron chi connectivity index (χ0n) is 19.1. The van der Waals surface area contributed by atoms with Gasteiger partial charge in [0.2, 0.25) is 11.9 Å². The number of amides is 1.